The fraction of sp³-hybridized carbons (Fsp3) is 0.250. The van der Waals surface area contributed by atoms with E-state index in [2.05, 4.69) is 14.9 Å². The van der Waals surface area contributed by atoms with Crippen molar-refractivity contribution in [2.75, 3.05) is 18.6 Å². The molecule has 0 spiro atoms. The molecule has 5 nitrogen and oxygen atoms in total. The predicted molar refractivity (Wildman–Crippen MR) is 82.0 cm³/mol. The van der Waals surface area contributed by atoms with Gasteiger partial charge in [0, 0.05) is 12.7 Å². The first-order valence-electron chi connectivity index (χ1n) is 7.18. The maximum atomic E-state index is 12.6. The molecule has 3 heterocycles. The number of pyridine rings is 1. The highest BCUT2D eigenvalue weighted by Crippen LogP contribution is 2.40. The molecule has 0 saturated heterocycles. The van der Waals surface area contributed by atoms with Crippen LogP contribution in [0, 0.1) is 0 Å². The van der Waals surface area contributed by atoms with Crippen LogP contribution < -0.4 is 10.1 Å². The zero-order valence-electron chi connectivity index (χ0n) is 11.8. The first-order valence-corrected chi connectivity index (χ1v) is 7.18. The van der Waals surface area contributed by atoms with Crippen molar-refractivity contribution >= 4 is 33.5 Å². The Bertz CT molecular complexity index is 888. The van der Waals surface area contributed by atoms with E-state index in [0.29, 0.717) is 24.4 Å². The van der Waals surface area contributed by atoms with E-state index < -0.39 is 0 Å². The molecule has 1 N–H and O–H groups in total. The highest BCUT2D eigenvalue weighted by Gasteiger charge is 2.23. The summed E-state index contributed by atoms with van der Waals surface area (Å²) in [5.41, 5.74) is 3.35. The molecule has 0 radical (unpaired) electrons. The summed E-state index contributed by atoms with van der Waals surface area (Å²) >= 11 is 0. The molecule has 1 aliphatic heterocycles. The second-order valence-electron chi connectivity index (χ2n) is 5.24. The van der Waals surface area contributed by atoms with E-state index in [-0.39, 0.29) is 19.2 Å². The fourth-order valence-corrected chi connectivity index (χ4v) is 2.99. The Kier molecular flexibility index (Phi) is 2.96. The molecule has 0 unspecified atom stereocenters. The molecule has 0 aliphatic carbocycles. The number of nitrogens with zero attached hydrogens (tertiary/aromatic N) is 2. The van der Waals surface area contributed by atoms with E-state index in [9.17, 15) is 9.18 Å². The van der Waals surface area contributed by atoms with Gasteiger partial charge < -0.3 is 14.6 Å². The lowest BCUT2D eigenvalue weighted by molar-refractivity contribution is -0.118. The summed E-state index contributed by atoms with van der Waals surface area (Å²) in [6.45, 7) is 0.211. The minimum atomic E-state index is -0.362. The molecule has 3 aromatic rings. The number of hydrogen-bond donors (Lipinski definition) is 1. The van der Waals surface area contributed by atoms with Gasteiger partial charge in [-0.15, -0.1) is 0 Å². The standard InChI is InChI=1S/C16H14FN3O2/c17-6-2-8-20-11-5-4-10-16(22-9-13(21)19-10)14(11)15-12(20)3-1-7-18-15/h1,3-5,7H,2,6,8-9H2,(H,19,21). The van der Waals surface area contributed by atoms with Gasteiger partial charge in [0.25, 0.3) is 5.91 Å². The number of aromatic nitrogens is 2. The number of anilines is 1. The normalized spacial score (nSPS) is 14.0. The van der Waals surface area contributed by atoms with Gasteiger partial charge in [-0.2, -0.15) is 0 Å². The average Bonchev–Trinajstić information content (AvgIpc) is 2.86. The van der Waals surface area contributed by atoms with Crippen molar-refractivity contribution in [3.05, 3.63) is 30.5 Å². The van der Waals surface area contributed by atoms with Gasteiger partial charge in [0.2, 0.25) is 0 Å². The SMILES string of the molecule is O=C1COc2c(ccc3c2c2ncccc2n3CCCF)N1. The average molecular weight is 299 g/mol. The predicted octanol–water partition coefficient (Wildman–Crippen LogP) is 2.88. The minimum absolute atomic E-state index is 0.00387. The Morgan fingerprint density at radius 1 is 1.32 bits per heavy atom. The topological polar surface area (TPSA) is 56.1 Å². The van der Waals surface area contributed by atoms with Gasteiger partial charge in [0.1, 0.15) is 0 Å². The molecule has 4 rings (SSSR count). The number of carbonyl (C=O) groups excluding carboxylic acids is 1. The van der Waals surface area contributed by atoms with E-state index in [1.54, 1.807) is 6.20 Å². The number of amides is 1. The molecule has 6 heteroatoms. The van der Waals surface area contributed by atoms with Crippen LogP contribution >= 0.6 is 0 Å². The summed E-state index contributed by atoms with van der Waals surface area (Å²) in [4.78, 5) is 15.9. The van der Waals surface area contributed by atoms with Gasteiger partial charge in [0.05, 0.1) is 34.3 Å². The van der Waals surface area contributed by atoms with Crippen LogP contribution in [0.4, 0.5) is 10.1 Å². The lowest BCUT2D eigenvalue weighted by atomic mass is 10.1. The smallest absolute Gasteiger partial charge is 0.262 e. The molecule has 2 aromatic heterocycles. The molecule has 0 fully saturated rings. The van der Waals surface area contributed by atoms with Gasteiger partial charge in [-0.05, 0) is 30.7 Å². The van der Waals surface area contributed by atoms with Crippen LogP contribution in [-0.4, -0.2) is 28.7 Å². The Labute approximate surface area is 125 Å². The second-order valence-corrected chi connectivity index (χ2v) is 5.24. The second kappa shape index (κ2) is 4.98. The number of fused-ring (bicyclic) bond motifs is 5. The van der Waals surface area contributed by atoms with Crippen molar-refractivity contribution in [2.24, 2.45) is 0 Å². The van der Waals surface area contributed by atoms with Crippen molar-refractivity contribution in [1.82, 2.24) is 9.55 Å². The summed E-state index contributed by atoms with van der Waals surface area (Å²) < 4.78 is 20.3. The Morgan fingerprint density at radius 2 is 2.23 bits per heavy atom. The molecule has 1 aromatic carbocycles. The van der Waals surface area contributed by atoms with Crippen molar-refractivity contribution in [1.29, 1.82) is 0 Å². The van der Waals surface area contributed by atoms with Crippen molar-refractivity contribution in [3.63, 3.8) is 0 Å². The summed E-state index contributed by atoms with van der Waals surface area (Å²) in [5.74, 6) is 0.473. The maximum Gasteiger partial charge on any atom is 0.262 e. The molecule has 1 aliphatic rings. The van der Waals surface area contributed by atoms with Gasteiger partial charge in [-0.1, -0.05) is 0 Å². The number of hydrogen-bond acceptors (Lipinski definition) is 3. The third kappa shape index (κ3) is 1.83. The van der Waals surface area contributed by atoms with Gasteiger partial charge >= 0.3 is 0 Å². The lowest BCUT2D eigenvalue weighted by Gasteiger charge is -2.18. The first kappa shape index (κ1) is 13.1. The fourth-order valence-electron chi connectivity index (χ4n) is 2.99. The van der Waals surface area contributed by atoms with E-state index in [1.807, 2.05) is 24.3 Å². The maximum absolute atomic E-state index is 12.6. The summed E-state index contributed by atoms with van der Waals surface area (Å²) in [5, 5.41) is 3.68. The third-order valence-electron chi connectivity index (χ3n) is 3.88. The van der Waals surface area contributed by atoms with Crippen LogP contribution in [-0.2, 0) is 11.3 Å². The van der Waals surface area contributed by atoms with Crippen LogP contribution in [0.15, 0.2) is 30.5 Å². The minimum Gasteiger partial charge on any atom is -0.481 e. The third-order valence-corrected chi connectivity index (χ3v) is 3.88. The molecule has 1 amide bonds. The molecular formula is C16H14FN3O2. The molecule has 0 atom stereocenters. The van der Waals surface area contributed by atoms with Crippen molar-refractivity contribution in [3.8, 4) is 5.75 Å². The number of rotatable bonds is 3. The number of nitrogens with one attached hydrogen (secondary N) is 1. The number of benzene rings is 1. The summed E-state index contributed by atoms with van der Waals surface area (Å²) in [6, 6.07) is 7.57. The lowest BCUT2D eigenvalue weighted by Crippen LogP contribution is -2.25. The highest BCUT2D eigenvalue weighted by molar-refractivity contribution is 6.13. The first-order chi connectivity index (χ1) is 10.8. The van der Waals surface area contributed by atoms with Crippen molar-refractivity contribution < 1.29 is 13.9 Å². The van der Waals surface area contributed by atoms with E-state index in [0.717, 1.165) is 21.9 Å². The zero-order valence-corrected chi connectivity index (χ0v) is 11.8. The van der Waals surface area contributed by atoms with Gasteiger partial charge in [0.15, 0.2) is 12.4 Å². The zero-order chi connectivity index (χ0) is 15.1. The van der Waals surface area contributed by atoms with E-state index >= 15 is 0 Å². The van der Waals surface area contributed by atoms with Crippen LogP contribution in [0.1, 0.15) is 6.42 Å². The molecule has 22 heavy (non-hydrogen) atoms. The van der Waals surface area contributed by atoms with Crippen LogP contribution in [0.5, 0.6) is 5.75 Å². The Balaban J connectivity index is 2.04. The summed E-state index contributed by atoms with van der Waals surface area (Å²) in [6.07, 6.45) is 2.17. The van der Waals surface area contributed by atoms with E-state index in [4.69, 9.17) is 4.74 Å². The molecule has 0 bridgehead atoms. The Morgan fingerprint density at radius 3 is 3.09 bits per heavy atom. The largest absolute Gasteiger partial charge is 0.481 e. The van der Waals surface area contributed by atoms with Gasteiger partial charge in [-0.3, -0.25) is 14.2 Å². The number of aryl methyl sites for hydroxylation is 1. The van der Waals surface area contributed by atoms with E-state index in [1.165, 1.54) is 0 Å². The quantitative estimate of drug-likeness (QED) is 0.809. The Hall–Kier alpha value is -2.63. The van der Waals surface area contributed by atoms with Crippen LogP contribution in [0.3, 0.4) is 0 Å². The molecule has 0 saturated carbocycles. The van der Waals surface area contributed by atoms with Crippen LogP contribution in [0.25, 0.3) is 21.9 Å². The monoisotopic (exact) mass is 299 g/mol. The number of alkyl halides is 1. The number of ether oxygens (including phenoxy) is 1. The highest BCUT2D eigenvalue weighted by atomic mass is 19.1. The number of carbonyl (C=O) groups is 1. The van der Waals surface area contributed by atoms with Gasteiger partial charge in [-0.25, -0.2) is 0 Å². The number of halogens is 1. The molecular weight excluding hydrogens is 285 g/mol. The molecule has 112 valence electrons. The summed E-state index contributed by atoms with van der Waals surface area (Å²) in [7, 11) is 0. The van der Waals surface area contributed by atoms with Crippen LogP contribution in [0.2, 0.25) is 0 Å². The van der Waals surface area contributed by atoms with Crippen molar-refractivity contribution in [2.45, 2.75) is 13.0 Å².